The number of hydrogen-bond acceptors (Lipinski definition) is 4. The maximum absolute atomic E-state index is 12.6. The van der Waals surface area contributed by atoms with Crippen molar-refractivity contribution in [1.82, 2.24) is 10.2 Å². The van der Waals surface area contributed by atoms with Crippen LogP contribution in [0.1, 0.15) is 25.7 Å². The predicted molar refractivity (Wildman–Crippen MR) is 75.1 cm³/mol. The fourth-order valence-corrected chi connectivity index (χ4v) is 4.21. The van der Waals surface area contributed by atoms with Gasteiger partial charge in [0.05, 0.1) is 44.6 Å². The fourth-order valence-electron chi connectivity index (χ4n) is 4.21. The third kappa shape index (κ3) is 2.76. The van der Waals surface area contributed by atoms with E-state index in [1.54, 1.807) is 0 Å². The normalized spacial score (nSPS) is 42.5. The molecule has 1 aliphatic carbocycles. The van der Waals surface area contributed by atoms with E-state index in [1.807, 2.05) is 4.90 Å². The predicted octanol–water partition coefficient (Wildman–Crippen LogP) is 0.753. The van der Waals surface area contributed by atoms with Crippen molar-refractivity contribution >= 4 is 6.03 Å². The Morgan fingerprint density at radius 1 is 1.10 bits per heavy atom. The van der Waals surface area contributed by atoms with Crippen LogP contribution >= 0.6 is 0 Å². The molecule has 3 aliphatic heterocycles. The van der Waals surface area contributed by atoms with Crippen molar-refractivity contribution in [3.63, 3.8) is 0 Å². The number of carbonyl (C=O) groups excluding carboxylic acids is 1. The van der Waals surface area contributed by atoms with E-state index in [-0.39, 0.29) is 24.3 Å². The second-order valence-electron chi connectivity index (χ2n) is 6.67. The third-order valence-corrected chi connectivity index (χ3v) is 5.22. The number of morpholine rings is 1. The summed E-state index contributed by atoms with van der Waals surface area (Å²) in [5.74, 6) is 0.506. The van der Waals surface area contributed by atoms with Crippen molar-refractivity contribution in [2.75, 3.05) is 32.9 Å². The Hall–Kier alpha value is -0.850. The molecule has 1 saturated carbocycles. The Morgan fingerprint density at radius 2 is 1.90 bits per heavy atom. The van der Waals surface area contributed by atoms with Gasteiger partial charge >= 0.3 is 6.03 Å². The number of hydrogen-bond donors (Lipinski definition) is 1. The van der Waals surface area contributed by atoms with Gasteiger partial charge < -0.3 is 24.4 Å². The molecule has 5 unspecified atom stereocenters. The molecule has 5 atom stereocenters. The van der Waals surface area contributed by atoms with Crippen molar-refractivity contribution < 1.29 is 19.0 Å². The Labute approximate surface area is 125 Å². The first-order valence-corrected chi connectivity index (χ1v) is 8.20. The summed E-state index contributed by atoms with van der Waals surface area (Å²) >= 11 is 0. The van der Waals surface area contributed by atoms with Crippen LogP contribution in [-0.2, 0) is 14.2 Å². The van der Waals surface area contributed by atoms with Gasteiger partial charge in [0, 0.05) is 18.6 Å². The molecule has 0 aromatic rings. The smallest absolute Gasteiger partial charge is 0.317 e. The van der Waals surface area contributed by atoms with Crippen LogP contribution in [0.3, 0.4) is 0 Å². The van der Waals surface area contributed by atoms with Crippen LogP contribution in [0.5, 0.6) is 0 Å². The standard InChI is InChI=1S/C15H24N2O4/c18-15(17-6-10-8-19-9-11(7-17)21-10)16-13-2-1-3-14-12(13)4-5-20-14/h10-14H,1-9H2,(H,16,18). The van der Waals surface area contributed by atoms with Crippen LogP contribution in [0, 0.1) is 5.92 Å². The van der Waals surface area contributed by atoms with E-state index in [4.69, 9.17) is 14.2 Å². The van der Waals surface area contributed by atoms with Gasteiger partial charge in [-0.1, -0.05) is 0 Å². The average molecular weight is 296 g/mol. The molecule has 0 aromatic carbocycles. The topological polar surface area (TPSA) is 60.0 Å². The molecule has 2 amide bonds. The van der Waals surface area contributed by atoms with Gasteiger partial charge in [0.25, 0.3) is 0 Å². The number of rotatable bonds is 1. The van der Waals surface area contributed by atoms with E-state index >= 15 is 0 Å². The maximum atomic E-state index is 12.6. The number of carbonyl (C=O) groups is 1. The van der Waals surface area contributed by atoms with Gasteiger partial charge in [0.1, 0.15) is 0 Å². The third-order valence-electron chi connectivity index (χ3n) is 5.22. The molecule has 3 heterocycles. The van der Waals surface area contributed by atoms with Gasteiger partial charge in [0.15, 0.2) is 0 Å². The summed E-state index contributed by atoms with van der Waals surface area (Å²) in [4.78, 5) is 14.5. The second-order valence-corrected chi connectivity index (χ2v) is 6.67. The van der Waals surface area contributed by atoms with E-state index in [0.717, 1.165) is 32.3 Å². The highest BCUT2D eigenvalue weighted by Gasteiger charge is 2.40. The molecule has 21 heavy (non-hydrogen) atoms. The number of amides is 2. The summed E-state index contributed by atoms with van der Waals surface area (Å²) in [7, 11) is 0. The molecule has 0 aromatic heterocycles. The zero-order chi connectivity index (χ0) is 14.2. The van der Waals surface area contributed by atoms with E-state index in [9.17, 15) is 4.79 Å². The van der Waals surface area contributed by atoms with Crippen molar-refractivity contribution in [3.8, 4) is 0 Å². The van der Waals surface area contributed by atoms with Crippen LogP contribution in [0.15, 0.2) is 0 Å². The van der Waals surface area contributed by atoms with E-state index in [2.05, 4.69) is 5.32 Å². The molecule has 2 bridgehead atoms. The molecule has 4 aliphatic rings. The van der Waals surface area contributed by atoms with Gasteiger partial charge in [-0.15, -0.1) is 0 Å². The largest absolute Gasteiger partial charge is 0.378 e. The summed E-state index contributed by atoms with van der Waals surface area (Å²) in [6.45, 7) is 3.32. The average Bonchev–Trinajstić information content (AvgIpc) is 2.96. The molecule has 4 fully saturated rings. The van der Waals surface area contributed by atoms with Crippen molar-refractivity contribution in [2.45, 2.75) is 50.0 Å². The first kappa shape index (κ1) is 13.8. The first-order chi connectivity index (χ1) is 10.3. The zero-order valence-electron chi connectivity index (χ0n) is 12.3. The molecular formula is C15H24N2O4. The first-order valence-electron chi connectivity index (χ1n) is 8.20. The van der Waals surface area contributed by atoms with Crippen molar-refractivity contribution in [2.24, 2.45) is 5.92 Å². The molecule has 4 rings (SSSR count). The van der Waals surface area contributed by atoms with E-state index < -0.39 is 0 Å². The maximum Gasteiger partial charge on any atom is 0.317 e. The minimum atomic E-state index is 0.0390. The number of nitrogens with zero attached hydrogens (tertiary/aromatic N) is 1. The lowest BCUT2D eigenvalue weighted by Gasteiger charge is -2.42. The van der Waals surface area contributed by atoms with Crippen LogP contribution < -0.4 is 5.32 Å². The number of nitrogens with one attached hydrogen (secondary N) is 1. The monoisotopic (exact) mass is 296 g/mol. The summed E-state index contributed by atoms with van der Waals surface area (Å²) in [5.41, 5.74) is 0. The van der Waals surface area contributed by atoms with E-state index in [0.29, 0.717) is 38.3 Å². The number of fused-ring (bicyclic) bond motifs is 3. The molecule has 3 saturated heterocycles. The van der Waals surface area contributed by atoms with E-state index in [1.165, 1.54) is 0 Å². The van der Waals surface area contributed by atoms with Crippen molar-refractivity contribution in [3.05, 3.63) is 0 Å². The summed E-state index contributed by atoms with van der Waals surface area (Å²) < 4.78 is 17.0. The molecule has 118 valence electrons. The Balaban J connectivity index is 1.36. The van der Waals surface area contributed by atoms with Gasteiger partial charge in [-0.05, 0) is 25.7 Å². The van der Waals surface area contributed by atoms with Gasteiger partial charge in [-0.3, -0.25) is 0 Å². The fraction of sp³-hybridized carbons (Fsp3) is 0.933. The molecule has 0 radical (unpaired) electrons. The number of ether oxygens (including phenoxy) is 3. The minimum absolute atomic E-state index is 0.0390. The second kappa shape index (κ2) is 5.74. The lowest BCUT2D eigenvalue weighted by molar-refractivity contribution is -0.171. The van der Waals surface area contributed by atoms with Gasteiger partial charge in [-0.25, -0.2) is 4.79 Å². The molecular weight excluding hydrogens is 272 g/mol. The highest BCUT2D eigenvalue weighted by Crippen LogP contribution is 2.34. The lowest BCUT2D eigenvalue weighted by Crippen LogP contribution is -2.59. The van der Waals surface area contributed by atoms with Crippen molar-refractivity contribution in [1.29, 1.82) is 0 Å². The van der Waals surface area contributed by atoms with Crippen LogP contribution in [0.25, 0.3) is 0 Å². The highest BCUT2D eigenvalue weighted by atomic mass is 16.6. The van der Waals surface area contributed by atoms with Gasteiger partial charge in [0.2, 0.25) is 0 Å². The summed E-state index contributed by atoms with van der Waals surface area (Å²) in [5, 5.41) is 3.26. The SMILES string of the molecule is O=C(NC1CCCC2OCCC12)N1CC2COCC(C1)O2. The quantitative estimate of drug-likeness (QED) is 0.776. The number of urea groups is 1. The minimum Gasteiger partial charge on any atom is -0.378 e. The summed E-state index contributed by atoms with van der Waals surface area (Å²) in [6.07, 6.45) is 4.90. The summed E-state index contributed by atoms with van der Waals surface area (Å²) in [6, 6.07) is 0.338. The lowest BCUT2D eigenvalue weighted by atomic mass is 9.82. The Kier molecular flexibility index (Phi) is 3.77. The molecule has 6 nitrogen and oxygen atoms in total. The highest BCUT2D eigenvalue weighted by molar-refractivity contribution is 5.74. The molecule has 0 spiro atoms. The molecule has 6 heteroatoms. The van der Waals surface area contributed by atoms with Crippen LogP contribution in [0.4, 0.5) is 4.79 Å². The zero-order valence-corrected chi connectivity index (χ0v) is 12.3. The van der Waals surface area contributed by atoms with Crippen LogP contribution in [0.2, 0.25) is 0 Å². The molecule has 1 N–H and O–H groups in total. The Morgan fingerprint density at radius 3 is 2.71 bits per heavy atom. The Bertz CT molecular complexity index is 393. The van der Waals surface area contributed by atoms with Crippen LogP contribution in [-0.4, -0.2) is 68.2 Å². The van der Waals surface area contributed by atoms with Gasteiger partial charge in [-0.2, -0.15) is 0 Å².